The van der Waals surface area contributed by atoms with Crippen molar-refractivity contribution in [1.29, 1.82) is 0 Å². The van der Waals surface area contributed by atoms with Gasteiger partial charge in [-0.3, -0.25) is 24.0 Å². The average Bonchev–Trinajstić information content (AvgIpc) is 2.89. The third-order valence-electron chi connectivity index (χ3n) is 5.79. The number of nitro groups is 1. The molecule has 0 aliphatic heterocycles. The first-order valence-electron chi connectivity index (χ1n) is 11.5. The number of sulfonamides is 1. The standard InChI is InChI=1S/C26H27ClN4O6S/c1-28-26(33)24(15-19-7-4-3-5-8-19)29(17-20-11-13-21(27)14-12-20)25(32)18-30(38(2,36)37)22-9-6-10-23(16-22)31(34)35/h3-14,16,24H,15,17-18H2,1-2H3,(H,28,33)/t24-/m0/s1. The fourth-order valence-corrected chi connectivity index (χ4v) is 4.85. The number of carbonyl (C=O) groups excluding carboxylic acids is 2. The summed E-state index contributed by atoms with van der Waals surface area (Å²) in [7, 11) is -2.58. The van der Waals surface area contributed by atoms with E-state index in [1.165, 1.54) is 30.1 Å². The highest BCUT2D eigenvalue weighted by molar-refractivity contribution is 7.92. The summed E-state index contributed by atoms with van der Waals surface area (Å²) >= 11 is 6.01. The van der Waals surface area contributed by atoms with Crippen LogP contribution in [0.5, 0.6) is 0 Å². The number of likely N-dealkylation sites (N-methyl/N-ethyl adjacent to an activating group) is 1. The molecule has 0 spiro atoms. The molecule has 0 saturated heterocycles. The Morgan fingerprint density at radius 3 is 2.24 bits per heavy atom. The molecule has 0 aliphatic carbocycles. The SMILES string of the molecule is CNC(=O)[C@H](Cc1ccccc1)N(Cc1ccc(Cl)cc1)C(=O)CN(c1cccc([N+](=O)[O-])c1)S(C)(=O)=O. The summed E-state index contributed by atoms with van der Waals surface area (Å²) in [6, 6.07) is 19.9. The highest BCUT2D eigenvalue weighted by Gasteiger charge is 2.32. The van der Waals surface area contributed by atoms with Crippen LogP contribution in [0.15, 0.2) is 78.9 Å². The van der Waals surface area contributed by atoms with Crippen molar-refractivity contribution in [3.05, 3.63) is 105 Å². The lowest BCUT2D eigenvalue weighted by Crippen LogP contribution is -2.52. The predicted octanol–water partition coefficient (Wildman–Crippen LogP) is 3.40. The lowest BCUT2D eigenvalue weighted by molar-refractivity contribution is -0.384. The predicted molar refractivity (Wildman–Crippen MR) is 145 cm³/mol. The van der Waals surface area contributed by atoms with Gasteiger partial charge >= 0.3 is 0 Å². The van der Waals surface area contributed by atoms with Gasteiger partial charge in [-0.2, -0.15) is 0 Å². The second-order valence-electron chi connectivity index (χ2n) is 8.51. The summed E-state index contributed by atoms with van der Waals surface area (Å²) in [5.41, 5.74) is 1.11. The molecule has 38 heavy (non-hydrogen) atoms. The highest BCUT2D eigenvalue weighted by Crippen LogP contribution is 2.24. The summed E-state index contributed by atoms with van der Waals surface area (Å²) in [4.78, 5) is 38.8. The zero-order chi connectivity index (χ0) is 27.9. The second-order valence-corrected chi connectivity index (χ2v) is 10.9. The number of non-ortho nitro benzene ring substituents is 1. The Balaban J connectivity index is 2.03. The van der Waals surface area contributed by atoms with Crippen molar-refractivity contribution in [2.24, 2.45) is 0 Å². The largest absolute Gasteiger partial charge is 0.357 e. The minimum atomic E-state index is -4.03. The number of hydrogen-bond acceptors (Lipinski definition) is 6. The summed E-state index contributed by atoms with van der Waals surface area (Å²) in [6.07, 6.45) is 1.08. The van der Waals surface area contributed by atoms with Gasteiger partial charge in [0, 0.05) is 37.2 Å². The molecular formula is C26H27ClN4O6S. The van der Waals surface area contributed by atoms with Crippen molar-refractivity contribution in [1.82, 2.24) is 10.2 Å². The van der Waals surface area contributed by atoms with E-state index in [9.17, 15) is 28.1 Å². The molecule has 2 amide bonds. The molecule has 1 atom stereocenters. The van der Waals surface area contributed by atoms with Gasteiger partial charge in [-0.1, -0.05) is 60.1 Å². The molecule has 0 unspecified atom stereocenters. The Morgan fingerprint density at radius 1 is 1.00 bits per heavy atom. The number of anilines is 1. The Bertz CT molecular complexity index is 1400. The molecular weight excluding hydrogens is 532 g/mol. The number of benzene rings is 3. The van der Waals surface area contributed by atoms with Gasteiger partial charge in [-0.15, -0.1) is 0 Å². The van der Waals surface area contributed by atoms with E-state index in [0.29, 0.717) is 10.6 Å². The van der Waals surface area contributed by atoms with Gasteiger partial charge in [0.25, 0.3) is 5.69 Å². The van der Waals surface area contributed by atoms with E-state index >= 15 is 0 Å². The van der Waals surface area contributed by atoms with Crippen LogP contribution in [-0.2, 0) is 32.6 Å². The molecule has 3 aromatic carbocycles. The number of hydrogen-bond donors (Lipinski definition) is 1. The number of nitro benzene ring substituents is 1. The van der Waals surface area contributed by atoms with Crippen molar-refractivity contribution in [3.8, 4) is 0 Å². The fraction of sp³-hybridized carbons (Fsp3) is 0.231. The minimum absolute atomic E-state index is 0.00649. The first-order valence-corrected chi connectivity index (χ1v) is 13.7. The van der Waals surface area contributed by atoms with Crippen LogP contribution < -0.4 is 9.62 Å². The lowest BCUT2D eigenvalue weighted by atomic mass is 10.0. The Hall–Kier alpha value is -3.96. The van der Waals surface area contributed by atoms with Crippen LogP contribution in [0.3, 0.4) is 0 Å². The van der Waals surface area contributed by atoms with Crippen molar-refractivity contribution in [2.45, 2.75) is 19.0 Å². The van der Waals surface area contributed by atoms with Crippen LogP contribution in [-0.4, -0.2) is 55.9 Å². The molecule has 0 heterocycles. The third-order valence-corrected chi connectivity index (χ3v) is 7.18. The summed E-state index contributed by atoms with van der Waals surface area (Å²) in [5, 5.41) is 14.3. The third kappa shape index (κ3) is 7.53. The molecule has 1 N–H and O–H groups in total. The van der Waals surface area contributed by atoms with Crippen molar-refractivity contribution in [3.63, 3.8) is 0 Å². The van der Waals surface area contributed by atoms with E-state index in [1.807, 2.05) is 30.3 Å². The maximum absolute atomic E-state index is 13.8. The molecule has 3 rings (SSSR count). The van der Waals surface area contributed by atoms with Gasteiger partial charge in [0.15, 0.2) is 0 Å². The number of halogens is 1. The van der Waals surface area contributed by atoms with Crippen molar-refractivity contribution < 1.29 is 22.9 Å². The minimum Gasteiger partial charge on any atom is -0.357 e. The first-order chi connectivity index (χ1) is 18.0. The number of rotatable bonds is 11. The molecule has 0 saturated carbocycles. The van der Waals surface area contributed by atoms with E-state index in [0.717, 1.165) is 22.2 Å². The molecule has 12 heteroatoms. The number of nitrogens with one attached hydrogen (secondary N) is 1. The molecule has 0 bridgehead atoms. The fourth-order valence-electron chi connectivity index (χ4n) is 3.88. The van der Waals surface area contributed by atoms with Gasteiger partial charge in [0.1, 0.15) is 12.6 Å². The normalized spacial score (nSPS) is 11.9. The lowest BCUT2D eigenvalue weighted by Gasteiger charge is -2.33. The Morgan fingerprint density at radius 2 is 1.66 bits per heavy atom. The quantitative estimate of drug-likeness (QED) is 0.283. The summed E-state index contributed by atoms with van der Waals surface area (Å²) in [5.74, 6) is -1.10. The van der Waals surface area contributed by atoms with Crippen LogP contribution in [0, 0.1) is 10.1 Å². The maximum Gasteiger partial charge on any atom is 0.271 e. The Kier molecular flexibility index (Phi) is 9.43. The van der Waals surface area contributed by atoms with Crippen LogP contribution >= 0.6 is 11.6 Å². The zero-order valence-corrected chi connectivity index (χ0v) is 22.4. The second kappa shape index (κ2) is 12.5. The van der Waals surface area contributed by atoms with Crippen LogP contribution in [0.2, 0.25) is 5.02 Å². The van der Waals surface area contributed by atoms with Gasteiger partial charge in [-0.25, -0.2) is 8.42 Å². The van der Waals surface area contributed by atoms with E-state index < -0.39 is 39.3 Å². The molecule has 0 aromatic heterocycles. The van der Waals surface area contributed by atoms with E-state index in [-0.39, 0.29) is 24.3 Å². The zero-order valence-electron chi connectivity index (χ0n) is 20.8. The summed E-state index contributed by atoms with van der Waals surface area (Å²) < 4.78 is 26.2. The average molecular weight is 559 g/mol. The van der Waals surface area contributed by atoms with E-state index in [1.54, 1.807) is 24.3 Å². The maximum atomic E-state index is 13.8. The molecule has 200 valence electrons. The topological polar surface area (TPSA) is 130 Å². The smallest absolute Gasteiger partial charge is 0.271 e. The molecule has 0 fully saturated rings. The van der Waals surface area contributed by atoms with Gasteiger partial charge in [0.05, 0.1) is 16.9 Å². The van der Waals surface area contributed by atoms with Gasteiger partial charge < -0.3 is 10.2 Å². The monoisotopic (exact) mass is 558 g/mol. The van der Waals surface area contributed by atoms with E-state index in [2.05, 4.69) is 5.32 Å². The van der Waals surface area contributed by atoms with Crippen LogP contribution in [0.25, 0.3) is 0 Å². The number of nitrogens with zero attached hydrogens (tertiary/aromatic N) is 3. The first kappa shape index (κ1) is 28.6. The molecule has 0 radical (unpaired) electrons. The van der Waals surface area contributed by atoms with Gasteiger partial charge in [0.2, 0.25) is 21.8 Å². The van der Waals surface area contributed by atoms with Gasteiger partial charge in [-0.05, 0) is 29.3 Å². The highest BCUT2D eigenvalue weighted by atomic mass is 35.5. The van der Waals surface area contributed by atoms with Crippen LogP contribution in [0.1, 0.15) is 11.1 Å². The van der Waals surface area contributed by atoms with Crippen molar-refractivity contribution in [2.75, 3.05) is 24.2 Å². The van der Waals surface area contributed by atoms with Crippen molar-refractivity contribution >= 4 is 44.8 Å². The molecule has 3 aromatic rings. The Labute approximate surface area is 226 Å². The molecule has 10 nitrogen and oxygen atoms in total. The number of carbonyl (C=O) groups is 2. The van der Waals surface area contributed by atoms with E-state index in [4.69, 9.17) is 11.6 Å². The summed E-state index contributed by atoms with van der Waals surface area (Å²) in [6.45, 7) is -0.677. The van der Waals surface area contributed by atoms with Crippen LogP contribution in [0.4, 0.5) is 11.4 Å². The number of amides is 2. The molecule has 0 aliphatic rings.